The summed E-state index contributed by atoms with van der Waals surface area (Å²) in [6, 6.07) is 0. The number of terminal acetylenes is 1. The minimum Gasteiger partial charge on any atom is -0.334 e. The number of carbonyl (C=O) groups is 1. The Balaban J connectivity index is 3.93. The summed E-state index contributed by atoms with van der Waals surface area (Å²) in [7, 11) is 3.54. The molecule has 0 aliphatic carbocycles. The van der Waals surface area contributed by atoms with E-state index < -0.39 is 0 Å². The minimum atomic E-state index is -0.00616. The Morgan fingerprint density at radius 3 is 2.75 bits per heavy atom. The monoisotopic (exact) mass is 168 g/mol. The molecule has 0 aliphatic heterocycles. The predicted molar refractivity (Wildman–Crippen MR) is 49.6 cm³/mol. The fraction of sp³-hybridized carbons (Fsp3) is 0.667. The highest BCUT2D eigenvalue weighted by Gasteiger charge is 2.15. The Kier molecular flexibility index (Phi) is 5.14. The average molecular weight is 168 g/mol. The smallest absolute Gasteiger partial charge is 0.227 e. The van der Waals surface area contributed by atoms with E-state index in [1.165, 1.54) is 0 Å². The lowest BCUT2D eigenvalue weighted by atomic mass is 10.1. The van der Waals surface area contributed by atoms with E-state index in [0.717, 1.165) is 0 Å². The molecule has 1 unspecified atom stereocenters. The van der Waals surface area contributed by atoms with E-state index in [1.807, 2.05) is 14.0 Å². The molecule has 3 heteroatoms. The minimum absolute atomic E-state index is 0.00616. The molecule has 0 fully saturated rings. The van der Waals surface area contributed by atoms with Crippen molar-refractivity contribution in [1.29, 1.82) is 0 Å². The number of rotatable bonds is 4. The maximum atomic E-state index is 11.4. The maximum absolute atomic E-state index is 11.4. The van der Waals surface area contributed by atoms with Gasteiger partial charge in [0.2, 0.25) is 5.91 Å². The molecule has 0 heterocycles. The summed E-state index contributed by atoms with van der Waals surface area (Å²) in [4.78, 5) is 13.0. The molecular formula is C9H16N2O. The zero-order valence-electron chi connectivity index (χ0n) is 7.92. The molecule has 1 atom stereocenters. The number of amides is 1. The van der Waals surface area contributed by atoms with E-state index >= 15 is 0 Å². The highest BCUT2D eigenvalue weighted by molar-refractivity contribution is 5.78. The van der Waals surface area contributed by atoms with Crippen molar-refractivity contribution in [3.63, 3.8) is 0 Å². The molecule has 0 saturated heterocycles. The molecule has 1 N–H and O–H groups in total. The molecule has 0 radical (unpaired) electrons. The molecule has 12 heavy (non-hydrogen) atoms. The predicted octanol–water partition coefficient (Wildman–Crippen LogP) is -0.0665. The van der Waals surface area contributed by atoms with E-state index in [4.69, 9.17) is 6.42 Å². The van der Waals surface area contributed by atoms with Crippen molar-refractivity contribution in [1.82, 2.24) is 10.2 Å². The lowest BCUT2D eigenvalue weighted by molar-refractivity contribution is -0.132. The Bertz CT molecular complexity index is 183. The fourth-order valence-corrected chi connectivity index (χ4v) is 0.985. The van der Waals surface area contributed by atoms with Gasteiger partial charge in [0.25, 0.3) is 0 Å². The first-order valence-corrected chi connectivity index (χ1v) is 3.96. The average Bonchev–Trinajstić information content (AvgIpc) is 2.04. The topological polar surface area (TPSA) is 32.3 Å². The van der Waals surface area contributed by atoms with Crippen LogP contribution in [-0.2, 0) is 4.79 Å². The van der Waals surface area contributed by atoms with Crippen LogP contribution in [0.15, 0.2) is 0 Å². The van der Waals surface area contributed by atoms with Crippen LogP contribution in [0.2, 0.25) is 0 Å². The molecule has 0 bridgehead atoms. The summed E-state index contributed by atoms with van der Waals surface area (Å²) >= 11 is 0. The van der Waals surface area contributed by atoms with E-state index in [1.54, 1.807) is 11.9 Å². The van der Waals surface area contributed by atoms with E-state index in [-0.39, 0.29) is 11.8 Å². The van der Waals surface area contributed by atoms with Crippen LogP contribution in [-0.4, -0.2) is 38.0 Å². The van der Waals surface area contributed by atoms with E-state index in [0.29, 0.717) is 13.1 Å². The van der Waals surface area contributed by atoms with Crippen LogP contribution in [0.4, 0.5) is 0 Å². The lowest BCUT2D eigenvalue weighted by Gasteiger charge is -2.18. The fourth-order valence-electron chi connectivity index (χ4n) is 0.985. The molecule has 0 aromatic rings. The normalized spacial score (nSPS) is 11.8. The zero-order valence-corrected chi connectivity index (χ0v) is 7.92. The number of nitrogens with zero attached hydrogens (tertiary/aromatic N) is 1. The Morgan fingerprint density at radius 1 is 1.75 bits per heavy atom. The molecule has 1 amide bonds. The molecule has 0 aromatic heterocycles. The van der Waals surface area contributed by atoms with Crippen molar-refractivity contribution in [3.05, 3.63) is 0 Å². The van der Waals surface area contributed by atoms with E-state index in [9.17, 15) is 4.79 Å². The van der Waals surface area contributed by atoms with Crippen molar-refractivity contribution >= 4 is 5.91 Å². The van der Waals surface area contributed by atoms with Gasteiger partial charge in [-0.25, -0.2) is 0 Å². The number of carbonyl (C=O) groups excluding carboxylic acids is 1. The van der Waals surface area contributed by atoms with Gasteiger partial charge < -0.3 is 10.2 Å². The third-order valence-electron chi connectivity index (χ3n) is 1.64. The third-order valence-corrected chi connectivity index (χ3v) is 1.64. The maximum Gasteiger partial charge on any atom is 0.227 e. The molecule has 0 aliphatic rings. The molecule has 0 saturated carbocycles. The Morgan fingerprint density at radius 2 is 2.33 bits per heavy atom. The molecule has 3 nitrogen and oxygen atoms in total. The van der Waals surface area contributed by atoms with Gasteiger partial charge in [-0.3, -0.25) is 4.79 Å². The highest BCUT2D eigenvalue weighted by atomic mass is 16.2. The van der Waals surface area contributed by atoms with Crippen LogP contribution in [0.25, 0.3) is 0 Å². The first-order valence-electron chi connectivity index (χ1n) is 3.96. The van der Waals surface area contributed by atoms with Gasteiger partial charge in [-0.1, -0.05) is 12.8 Å². The molecule has 0 rings (SSSR count). The molecule has 68 valence electrons. The van der Waals surface area contributed by atoms with Gasteiger partial charge in [0.15, 0.2) is 0 Å². The first-order chi connectivity index (χ1) is 5.63. The highest BCUT2D eigenvalue weighted by Crippen LogP contribution is 1.98. The Labute approximate surface area is 74.1 Å². The van der Waals surface area contributed by atoms with Crippen LogP contribution in [0.3, 0.4) is 0 Å². The summed E-state index contributed by atoms with van der Waals surface area (Å²) in [5.41, 5.74) is 0. The van der Waals surface area contributed by atoms with Gasteiger partial charge in [0.05, 0.1) is 6.54 Å². The van der Waals surface area contributed by atoms with Crippen molar-refractivity contribution < 1.29 is 4.79 Å². The largest absolute Gasteiger partial charge is 0.334 e. The van der Waals surface area contributed by atoms with E-state index in [2.05, 4.69) is 11.2 Å². The van der Waals surface area contributed by atoms with Gasteiger partial charge in [0.1, 0.15) is 0 Å². The molecular weight excluding hydrogens is 152 g/mol. The zero-order chi connectivity index (χ0) is 9.56. The SMILES string of the molecule is C#CCN(C)C(=O)C(C)CNC. The van der Waals surface area contributed by atoms with Crippen LogP contribution >= 0.6 is 0 Å². The first kappa shape index (κ1) is 11.0. The van der Waals surface area contributed by atoms with Crippen molar-refractivity contribution in [2.75, 3.05) is 27.2 Å². The second kappa shape index (κ2) is 5.62. The molecule has 0 spiro atoms. The number of hydrogen-bond acceptors (Lipinski definition) is 2. The lowest BCUT2D eigenvalue weighted by Crippen LogP contribution is -2.36. The van der Waals surface area contributed by atoms with Crippen molar-refractivity contribution in [2.24, 2.45) is 5.92 Å². The van der Waals surface area contributed by atoms with Gasteiger partial charge in [-0.05, 0) is 7.05 Å². The Hall–Kier alpha value is -1.01. The van der Waals surface area contributed by atoms with Crippen LogP contribution in [0.5, 0.6) is 0 Å². The second-order valence-corrected chi connectivity index (χ2v) is 2.86. The van der Waals surface area contributed by atoms with Crippen molar-refractivity contribution in [2.45, 2.75) is 6.92 Å². The number of nitrogens with one attached hydrogen (secondary N) is 1. The van der Waals surface area contributed by atoms with Gasteiger partial charge in [0, 0.05) is 19.5 Å². The summed E-state index contributed by atoms with van der Waals surface area (Å²) in [5.74, 6) is 2.51. The quantitative estimate of drug-likeness (QED) is 0.596. The summed E-state index contributed by atoms with van der Waals surface area (Å²) in [6.45, 7) is 2.95. The van der Waals surface area contributed by atoms with Gasteiger partial charge in [-0.15, -0.1) is 6.42 Å². The summed E-state index contributed by atoms with van der Waals surface area (Å²) in [5, 5.41) is 2.95. The standard InChI is InChI=1S/C9H16N2O/c1-5-6-11(4)9(12)8(2)7-10-3/h1,8,10H,6-7H2,2-4H3. The van der Waals surface area contributed by atoms with Crippen molar-refractivity contribution in [3.8, 4) is 12.3 Å². The van der Waals surface area contributed by atoms with Crippen LogP contribution < -0.4 is 5.32 Å². The van der Waals surface area contributed by atoms with Gasteiger partial charge in [-0.2, -0.15) is 0 Å². The molecule has 0 aromatic carbocycles. The number of hydrogen-bond donors (Lipinski definition) is 1. The second-order valence-electron chi connectivity index (χ2n) is 2.86. The third kappa shape index (κ3) is 3.40. The van der Waals surface area contributed by atoms with Crippen LogP contribution in [0.1, 0.15) is 6.92 Å². The summed E-state index contributed by atoms with van der Waals surface area (Å²) < 4.78 is 0. The van der Waals surface area contributed by atoms with Gasteiger partial charge >= 0.3 is 0 Å². The van der Waals surface area contributed by atoms with Crippen LogP contribution in [0, 0.1) is 18.3 Å². The summed E-state index contributed by atoms with van der Waals surface area (Å²) in [6.07, 6.45) is 5.08.